The third-order valence-corrected chi connectivity index (χ3v) is 3.47. The summed E-state index contributed by atoms with van der Waals surface area (Å²) in [7, 11) is 0. The van der Waals surface area contributed by atoms with Crippen LogP contribution in [0.4, 0.5) is 0 Å². The maximum atomic E-state index is 12.0. The first kappa shape index (κ1) is 14.6. The average molecular weight is 293 g/mol. The molecule has 1 aliphatic carbocycles. The molecule has 2 aliphatic rings. The van der Waals surface area contributed by atoms with Crippen LogP contribution in [-0.2, 0) is 24.0 Å². The number of piperidine rings is 1. The van der Waals surface area contributed by atoms with E-state index in [1.165, 1.54) is 0 Å². The van der Waals surface area contributed by atoms with E-state index >= 15 is 0 Å². The molecule has 1 fully saturated rings. The Balaban J connectivity index is 2.49. The lowest BCUT2D eigenvalue weighted by molar-refractivity contribution is -0.142. The molecular formula is C13H11NO7. The van der Waals surface area contributed by atoms with Crippen LogP contribution in [0.1, 0.15) is 12.8 Å². The lowest BCUT2D eigenvalue weighted by atomic mass is 9.74. The monoisotopic (exact) mass is 293 g/mol. The summed E-state index contributed by atoms with van der Waals surface area (Å²) in [6.07, 6.45) is 1.83. The molecule has 110 valence electrons. The van der Waals surface area contributed by atoms with Crippen LogP contribution in [0, 0.1) is 11.8 Å². The Kier molecular flexibility index (Phi) is 3.70. The lowest BCUT2D eigenvalue weighted by Crippen LogP contribution is -2.47. The SMILES string of the molecule is O=C1CCC(C2C(=O)C=CC(C(=O)O)=C2C(=O)O)C(=O)N1. The number of ketones is 1. The van der Waals surface area contributed by atoms with Crippen molar-refractivity contribution in [2.24, 2.45) is 11.8 Å². The molecule has 0 aromatic rings. The maximum Gasteiger partial charge on any atom is 0.336 e. The van der Waals surface area contributed by atoms with Crippen LogP contribution >= 0.6 is 0 Å². The first-order chi connectivity index (χ1) is 9.82. The van der Waals surface area contributed by atoms with Gasteiger partial charge in [0.2, 0.25) is 11.8 Å². The van der Waals surface area contributed by atoms with Gasteiger partial charge in [-0.15, -0.1) is 0 Å². The largest absolute Gasteiger partial charge is 0.478 e. The van der Waals surface area contributed by atoms with Crippen LogP contribution in [0.15, 0.2) is 23.3 Å². The van der Waals surface area contributed by atoms with Gasteiger partial charge in [-0.25, -0.2) is 9.59 Å². The number of nitrogens with one attached hydrogen (secondary N) is 1. The van der Waals surface area contributed by atoms with Gasteiger partial charge in [-0.3, -0.25) is 19.7 Å². The molecule has 2 rings (SSSR count). The molecule has 1 aliphatic heterocycles. The molecule has 0 radical (unpaired) electrons. The van der Waals surface area contributed by atoms with E-state index in [-0.39, 0.29) is 12.8 Å². The number of imide groups is 1. The van der Waals surface area contributed by atoms with Crippen molar-refractivity contribution < 1.29 is 34.2 Å². The highest BCUT2D eigenvalue weighted by molar-refractivity contribution is 6.13. The zero-order valence-corrected chi connectivity index (χ0v) is 10.7. The fraction of sp³-hybridized carbons (Fsp3) is 0.308. The standard InChI is InChI=1S/C13H11NO7/c15-7-3-1-6(12(18)19)10(13(20)21)9(7)5-2-4-8(16)14-11(5)17/h1,3,5,9H,2,4H2,(H,18,19)(H,20,21)(H,14,16,17). The molecule has 2 unspecified atom stereocenters. The smallest absolute Gasteiger partial charge is 0.336 e. The van der Waals surface area contributed by atoms with E-state index in [0.717, 1.165) is 12.2 Å². The van der Waals surface area contributed by atoms with E-state index in [1.807, 2.05) is 5.32 Å². The van der Waals surface area contributed by atoms with Crippen molar-refractivity contribution in [2.75, 3.05) is 0 Å². The van der Waals surface area contributed by atoms with Crippen molar-refractivity contribution >= 4 is 29.5 Å². The normalized spacial score (nSPS) is 25.8. The summed E-state index contributed by atoms with van der Waals surface area (Å²) in [5.41, 5.74) is -1.15. The van der Waals surface area contributed by atoms with Crippen LogP contribution in [-0.4, -0.2) is 39.7 Å². The highest BCUT2D eigenvalue weighted by Gasteiger charge is 2.43. The first-order valence-corrected chi connectivity index (χ1v) is 6.09. The summed E-state index contributed by atoms with van der Waals surface area (Å²) in [4.78, 5) is 57.3. The van der Waals surface area contributed by atoms with E-state index < -0.39 is 52.5 Å². The van der Waals surface area contributed by atoms with Crippen molar-refractivity contribution in [1.82, 2.24) is 5.32 Å². The number of amides is 2. The Hall–Kier alpha value is -2.77. The molecule has 0 saturated carbocycles. The average Bonchev–Trinajstić information content (AvgIpc) is 2.38. The fourth-order valence-electron chi connectivity index (χ4n) is 2.53. The minimum absolute atomic E-state index is 0.00140. The Morgan fingerprint density at radius 1 is 1.10 bits per heavy atom. The van der Waals surface area contributed by atoms with Gasteiger partial charge in [0.05, 0.1) is 23.0 Å². The number of carbonyl (C=O) groups excluding carboxylic acids is 3. The summed E-state index contributed by atoms with van der Waals surface area (Å²) in [5, 5.41) is 20.3. The molecule has 0 spiro atoms. The second-order valence-electron chi connectivity index (χ2n) is 4.71. The van der Waals surface area contributed by atoms with Crippen LogP contribution < -0.4 is 5.32 Å². The van der Waals surface area contributed by atoms with Crippen LogP contribution in [0.25, 0.3) is 0 Å². The molecule has 21 heavy (non-hydrogen) atoms. The van der Waals surface area contributed by atoms with Gasteiger partial charge >= 0.3 is 11.9 Å². The number of hydrogen-bond donors (Lipinski definition) is 3. The number of carboxylic acid groups (broad SMARTS) is 2. The Bertz CT molecular complexity index is 628. The van der Waals surface area contributed by atoms with Crippen molar-refractivity contribution in [3.05, 3.63) is 23.3 Å². The van der Waals surface area contributed by atoms with Gasteiger partial charge in [0.25, 0.3) is 0 Å². The Morgan fingerprint density at radius 2 is 1.76 bits per heavy atom. The molecule has 8 nitrogen and oxygen atoms in total. The molecule has 2 atom stereocenters. The van der Waals surface area contributed by atoms with Gasteiger partial charge in [-0.2, -0.15) is 0 Å². The van der Waals surface area contributed by atoms with Crippen molar-refractivity contribution in [1.29, 1.82) is 0 Å². The molecule has 2 amide bonds. The summed E-state index contributed by atoms with van der Waals surface area (Å²) in [5.74, 6) is -7.45. The summed E-state index contributed by atoms with van der Waals surface area (Å²) < 4.78 is 0. The Labute approximate surface area is 118 Å². The molecule has 0 aromatic heterocycles. The van der Waals surface area contributed by atoms with Crippen LogP contribution in [0.2, 0.25) is 0 Å². The van der Waals surface area contributed by atoms with Crippen LogP contribution in [0.5, 0.6) is 0 Å². The predicted octanol–water partition coefficient (Wildman–Crippen LogP) is -0.740. The van der Waals surface area contributed by atoms with E-state index in [9.17, 15) is 29.1 Å². The number of aliphatic carboxylic acids is 2. The zero-order chi connectivity index (χ0) is 15.7. The first-order valence-electron chi connectivity index (χ1n) is 6.09. The van der Waals surface area contributed by atoms with Gasteiger partial charge in [0.15, 0.2) is 5.78 Å². The third-order valence-electron chi connectivity index (χ3n) is 3.47. The molecule has 3 N–H and O–H groups in total. The molecule has 1 heterocycles. The van der Waals surface area contributed by atoms with E-state index in [1.54, 1.807) is 0 Å². The minimum Gasteiger partial charge on any atom is -0.478 e. The molecular weight excluding hydrogens is 282 g/mol. The number of carboxylic acids is 2. The quantitative estimate of drug-likeness (QED) is 0.582. The summed E-state index contributed by atoms with van der Waals surface area (Å²) in [6, 6.07) is 0. The molecule has 0 aromatic carbocycles. The highest BCUT2D eigenvalue weighted by atomic mass is 16.4. The van der Waals surface area contributed by atoms with Crippen molar-refractivity contribution in [3.8, 4) is 0 Å². The molecule has 1 saturated heterocycles. The van der Waals surface area contributed by atoms with Gasteiger partial charge in [-0.1, -0.05) is 0 Å². The summed E-state index contributed by atoms with van der Waals surface area (Å²) in [6.45, 7) is 0. The van der Waals surface area contributed by atoms with E-state index in [4.69, 9.17) is 5.11 Å². The topological polar surface area (TPSA) is 138 Å². The maximum absolute atomic E-state index is 12.0. The minimum atomic E-state index is -1.57. The predicted molar refractivity (Wildman–Crippen MR) is 65.8 cm³/mol. The van der Waals surface area contributed by atoms with Gasteiger partial charge < -0.3 is 10.2 Å². The third kappa shape index (κ3) is 2.60. The second kappa shape index (κ2) is 5.31. The highest BCUT2D eigenvalue weighted by Crippen LogP contribution is 2.33. The fourth-order valence-corrected chi connectivity index (χ4v) is 2.53. The number of hydrogen-bond acceptors (Lipinski definition) is 5. The van der Waals surface area contributed by atoms with Crippen molar-refractivity contribution in [2.45, 2.75) is 12.8 Å². The van der Waals surface area contributed by atoms with Crippen LogP contribution in [0.3, 0.4) is 0 Å². The zero-order valence-electron chi connectivity index (χ0n) is 10.7. The Morgan fingerprint density at radius 3 is 2.29 bits per heavy atom. The van der Waals surface area contributed by atoms with Crippen molar-refractivity contribution in [3.63, 3.8) is 0 Å². The van der Waals surface area contributed by atoms with E-state index in [2.05, 4.69) is 0 Å². The second-order valence-corrected chi connectivity index (χ2v) is 4.71. The van der Waals surface area contributed by atoms with Gasteiger partial charge in [0, 0.05) is 6.42 Å². The summed E-state index contributed by atoms with van der Waals surface area (Å²) >= 11 is 0. The number of carbonyl (C=O) groups is 5. The van der Waals surface area contributed by atoms with Gasteiger partial charge in [0.1, 0.15) is 0 Å². The lowest BCUT2D eigenvalue weighted by Gasteiger charge is -2.29. The molecule has 8 heteroatoms. The van der Waals surface area contributed by atoms with Gasteiger partial charge in [-0.05, 0) is 18.6 Å². The molecule has 0 bridgehead atoms. The number of allylic oxidation sites excluding steroid dienone is 1. The van der Waals surface area contributed by atoms with E-state index in [0.29, 0.717) is 0 Å². The number of rotatable bonds is 3.